The van der Waals surface area contributed by atoms with E-state index in [9.17, 15) is 0 Å². The van der Waals surface area contributed by atoms with E-state index in [1.165, 1.54) is 50.1 Å². The molecule has 0 N–H and O–H groups in total. The van der Waals surface area contributed by atoms with Crippen molar-refractivity contribution in [1.29, 1.82) is 0 Å². The molecule has 8 aromatic rings. The molecule has 0 saturated heterocycles. The Balaban J connectivity index is 1.06. The number of hydrogen-bond donors (Lipinski definition) is 0. The van der Waals surface area contributed by atoms with Crippen LogP contribution in [0.5, 0.6) is 0 Å². The van der Waals surface area contributed by atoms with Crippen molar-refractivity contribution in [3.8, 4) is 55.9 Å². The molecule has 2 nitrogen and oxygen atoms in total. The third kappa shape index (κ3) is 6.84. The van der Waals surface area contributed by atoms with Gasteiger partial charge < -0.3 is 0 Å². The molecule has 0 spiro atoms. The molecule has 3 unspecified atom stereocenters. The van der Waals surface area contributed by atoms with E-state index in [2.05, 4.69) is 238 Å². The Morgan fingerprint density at radius 2 is 1.02 bits per heavy atom. The van der Waals surface area contributed by atoms with Crippen LogP contribution < -0.4 is 0 Å². The maximum Gasteiger partial charge on any atom is 0.160 e. The number of fused-ring (bicyclic) bond motifs is 3. The predicted octanol–water partition coefficient (Wildman–Crippen LogP) is 15.3. The summed E-state index contributed by atoms with van der Waals surface area (Å²) >= 11 is 0. The highest BCUT2D eigenvalue weighted by atomic mass is 14.9. The number of benzene rings is 7. The Hall–Kier alpha value is -7.42. The molecular formula is C61H48N2. The quantitative estimate of drug-likeness (QED) is 0.153. The summed E-state index contributed by atoms with van der Waals surface area (Å²) in [4.78, 5) is 10.8. The molecule has 0 radical (unpaired) electrons. The number of rotatable bonds is 8. The highest BCUT2D eigenvalue weighted by Crippen LogP contribution is 2.56. The molecule has 302 valence electrons. The number of allylic oxidation sites excluding steroid dienone is 8. The van der Waals surface area contributed by atoms with E-state index in [0.717, 1.165) is 51.5 Å². The van der Waals surface area contributed by atoms with Crippen molar-refractivity contribution >= 4 is 5.57 Å². The van der Waals surface area contributed by atoms with Crippen LogP contribution >= 0.6 is 0 Å². The van der Waals surface area contributed by atoms with E-state index in [0.29, 0.717) is 11.8 Å². The molecular weight excluding hydrogens is 761 g/mol. The van der Waals surface area contributed by atoms with Gasteiger partial charge in [-0.3, -0.25) is 0 Å². The molecule has 1 aromatic heterocycles. The number of aromatic nitrogens is 2. The number of hydrogen-bond acceptors (Lipinski definition) is 2. The summed E-state index contributed by atoms with van der Waals surface area (Å²) in [6, 6.07) is 67.0. The van der Waals surface area contributed by atoms with Crippen LogP contribution in [0.15, 0.2) is 225 Å². The van der Waals surface area contributed by atoms with E-state index >= 15 is 0 Å². The van der Waals surface area contributed by atoms with Gasteiger partial charge in [-0.2, -0.15) is 0 Å². The number of nitrogens with zero attached hydrogens (tertiary/aromatic N) is 2. The Bertz CT molecular complexity index is 3080. The van der Waals surface area contributed by atoms with E-state index in [1.807, 2.05) is 0 Å². The minimum Gasteiger partial charge on any atom is -0.232 e. The zero-order chi connectivity index (χ0) is 42.3. The molecule has 2 heteroatoms. The van der Waals surface area contributed by atoms with E-state index in [4.69, 9.17) is 9.97 Å². The van der Waals surface area contributed by atoms with Crippen LogP contribution in [0.4, 0.5) is 0 Å². The van der Waals surface area contributed by atoms with Gasteiger partial charge in [-0.25, -0.2) is 9.97 Å². The second-order valence-electron chi connectivity index (χ2n) is 17.4. The first kappa shape index (κ1) is 38.5. The van der Waals surface area contributed by atoms with Crippen molar-refractivity contribution in [2.24, 2.45) is 11.8 Å². The molecule has 0 aliphatic heterocycles. The van der Waals surface area contributed by atoms with Crippen molar-refractivity contribution in [3.63, 3.8) is 0 Å². The summed E-state index contributed by atoms with van der Waals surface area (Å²) in [5.74, 6) is 1.63. The average molecular weight is 809 g/mol. The molecule has 1 heterocycles. The molecule has 0 saturated carbocycles. The fourth-order valence-electron chi connectivity index (χ4n) is 10.3. The SMILES string of the molecule is CC1CC=CC=C1c1cc(C2C=CC=CC2C)nc(-c2cc(-c3ccccc3)cc(-c3cccc(-c4cccc(C5(c6ccccc6)c6ccccc6-c6ccccc65)c4)c3)c2)n1. The molecule has 3 aliphatic carbocycles. The standard InChI is InChI=1S/C61H48N2/c1-41-19-9-11-29-52(41)58-40-59(53-30-12-10-20-42(53)2)63-60(62-58)49-37-47(43-21-5-3-6-22-43)36-48(38-49)45-24-17-23-44(35-45)46-25-18-28-51(39-46)61(50-26-7-4-8-27-50)56-33-15-13-31-54(56)55-32-14-16-34-57(55)61/h3-19,21-42,52H,20H2,1-2H3. The first-order valence-electron chi connectivity index (χ1n) is 22.3. The van der Waals surface area contributed by atoms with Gasteiger partial charge in [0.1, 0.15) is 0 Å². The second kappa shape index (κ2) is 16.1. The maximum absolute atomic E-state index is 5.40. The van der Waals surface area contributed by atoms with Crippen LogP contribution in [-0.2, 0) is 5.41 Å². The summed E-state index contributed by atoms with van der Waals surface area (Å²) in [7, 11) is 0. The van der Waals surface area contributed by atoms with Gasteiger partial charge in [0.15, 0.2) is 5.82 Å². The lowest BCUT2D eigenvalue weighted by atomic mass is 9.67. The fourth-order valence-corrected chi connectivity index (χ4v) is 10.3. The minimum atomic E-state index is -0.461. The van der Waals surface area contributed by atoms with Crippen LogP contribution in [0.3, 0.4) is 0 Å². The van der Waals surface area contributed by atoms with Crippen LogP contribution in [0.25, 0.3) is 61.5 Å². The van der Waals surface area contributed by atoms with Gasteiger partial charge in [0, 0.05) is 11.5 Å². The monoisotopic (exact) mass is 808 g/mol. The van der Waals surface area contributed by atoms with Crippen molar-refractivity contribution in [1.82, 2.24) is 9.97 Å². The lowest BCUT2D eigenvalue weighted by Gasteiger charge is -2.34. The Kier molecular flexibility index (Phi) is 9.85. The van der Waals surface area contributed by atoms with Crippen LogP contribution in [0.1, 0.15) is 59.8 Å². The van der Waals surface area contributed by atoms with Gasteiger partial charge in [-0.05, 0) is 127 Å². The topological polar surface area (TPSA) is 25.8 Å². The first-order valence-corrected chi connectivity index (χ1v) is 22.3. The zero-order valence-corrected chi connectivity index (χ0v) is 35.7. The third-order valence-corrected chi connectivity index (χ3v) is 13.5. The minimum absolute atomic E-state index is 0.169. The van der Waals surface area contributed by atoms with Gasteiger partial charge in [-0.1, -0.05) is 202 Å². The summed E-state index contributed by atoms with van der Waals surface area (Å²) in [6.45, 7) is 4.58. The zero-order valence-electron chi connectivity index (χ0n) is 35.7. The van der Waals surface area contributed by atoms with Crippen molar-refractivity contribution < 1.29 is 0 Å². The van der Waals surface area contributed by atoms with E-state index in [-0.39, 0.29) is 5.92 Å². The van der Waals surface area contributed by atoms with E-state index in [1.54, 1.807) is 0 Å². The van der Waals surface area contributed by atoms with Gasteiger partial charge in [-0.15, -0.1) is 0 Å². The largest absolute Gasteiger partial charge is 0.232 e. The van der Waals surface area contributed by atoms with Crippen LogP contribution in [0.2, 0.25) is 0 Å². The van der Waals surface area contributed by atoms with Crippen molar-refractivity contribution in [2.45, 2.75) is 31.6 Å². The molecule has 0 fully saturated rings. The third-order valence-electron chi connectivity index (χ3n) is 13.5. The summed E-state index contributed by atoms with van der Waals surface area (Å²) in [6.07, 6.45) is 16.5. The maximum atomic E-state index is 5.40. The first-order chi connectivity index (χ1) is 31.0. The van der Waals surface area contributed by atoms with Crippen LogP contribution in [-0.4, -0.2) is 9.97 Å². The molecule has 0 bridgehead atoms. The molecule has 3 aliphatic rings. The van der Waals surface area contributed by atoms with Gasteiger partial charge in [0.05, 0.1) is 16.8 Å². The molecule has 7 aromatic carbocycles. The Labute approximate surface area is 371 Å². The second-order valence-corrected chi connectivity index (χ2v) is 17.4. The van der Waals surface area contributed by atoms with Crippen molar-refractivity contribution in [3.05, 3.63) is 258 Å². The van der Waals surface area contributed by atoms with E-state index < -0.39 is 5.41 Å². The van der Waals surface area contributed by atoms with Gasteiger partial charge >= 0.3 is 0 Å². The summed E-state index contributed by atoms with van der Waals surface area (Å²) in [5.41, 5.74) is 18.5. The molecule has 0 amide bonds. The fraction of sp³-hybridized carbons (Fsp3) is 0.115. The van der Waals surface area contributed by atoms with Crippen LogP contribution in [0, 0.1) is 11.8 Å². The molecule has 63 heavy (non-hydrogen) atoms. The lowest BCUT2D eigenvalue weighted by molar-refractivity contribution is 0.618. The summed E-state index contributed by atoms with van der Waals surface area (Å²) in [5, 5.41) is 0. The normalized spacial score (nSPS) is 18.1. The molecule has 3 atom stereocenters. The predicted molar refractivity (Wildman–Crippen MR) is 262 cm³/mol. The van der Waals surface area contributed by atoms with Gasteiger partial charge in [0.2, 0.25) is 0 Å². The Morgan fingerprint density at radius 3 is 1.73 bits per heavy atom. The highest BCUT2D eigenvalue weighted by molar-refractivity contribution is 5.87. The van der Waals surface area contributed by atoms with Crippen molar-refractivity contribution in [2.75, 3.05) is 0 Å². The molecule has 11 rings (SSSR count). The highest BCUT2D eigenvalue weighted by Gasteiger charge is 2.45. The lowest BCUT2D eigenvalue weighted by Crippen LogP contribution is -2.28. The smallest absolute Gasteiger partial charge is 0.160 e. The van der Waals surface area contributed by atoms with Gasteiger partial charge in [0.25, 0.3) is 0 Å². The summed E-state index contributed by atoms with van der Waals surface area (Å²) < 4.78 is 0. The Morgan fingerprint density at radius 1 is 0.460 bits per heavy atom. The average Bonchev–Trinajstić information content (AvgIpc) is 3.66.